The lowest BCUT2D eigenvalue weighted by atomic mass is 10.00. The van der Waals surface area contributed by atoms with Crippen molar-refractivity contribution < 1.29 is 19.2 Å². The van der Waals surface area contributed by atoms with Gasteiger partial charge >= 0.3 is 5.97 Å². The molecule has 0 saturated carbocycles. The number of non-ortho nitro benzene ring substituents is 1. The van der Waals surface area contributed by atoms with Crippen LogP contribution >= 0.6 is 0 Å². The summed E-state index contributed by atoms with van der Waals surface area (Å²) in [5.74, 6) is -1.21. The van der Waals surface area contributed by atoms with Crippen LogP contribution in [0.25, 0.3) is 33.3 Å². The van der Waals surface area contributed by atoms with Gasteiger partial charge in [0.1, 0.15) is 0 Å². The first-order valence-corrected chi connectivity index (χ1v) is 11.9. The minimum Gasteiger partial charge on any atom is -0.454 e. The van der Waals surface area contributed by atoms with E-state index in [-0.39, 0.29) is 16.8 Å². The van der Waals surface area contributed by atoms with Crippen LogP contribution in [0.4, 0.5) is 5.69 Å². The van der Waals surface area contributed by atoms with Gasteiger partial charge in [-0.25, -0.2) is 9.78 Å². The van der Waals surface area contributed by atoms with Crippen molar-refractivity contribution in [1.82, 2.24) is 4.98 Å². The molecule has 0 unspecified atom stereocenters. The third kappa shape index (κ3) is 5.17. The molecule has 1 heterocycles. The molecular weight excluding hydrogens is 480 g/mol. The number of aromatic nitrogens is 1. The van der Waals surface area contributed by atoms with Gasteiger partial charge < -0.3 is 4.74 Å². The summed E-state index contributed by atoms with van der Waals surface area (Å²) in [5, 5.41) is 11.6. The Morgan fingerprint density at radius 1 is 0.816 bits per heavy atom. The number of nitro groups is 1. The number of hydrogen-bond donors (Lipinski definition) is 0. The summed E-state index contributed by atoms with van der Waals surface area (Å²) in [4.78, 5) is 41.0. The van der Waals surface area contributed by atoms with Crippen molar-refractivity contribution in [1.29, 1.82) is 0 Å². The van der Waals surface area contributed by atoms with Gasteiger partial charge in [-0.3, -0.25) is 14.9 Å². The number of ether oxygens (including phenoxy) is 1. The third-order valence-electron chi connectivity index (χ3n) is 6.19. The Kier molecular flexibility index (Phi) is 6.74. The van der Waals surface area contributed by atoms with Gasteiger partial charge in [-0.05, 0) is 36.2 Å². The number of nitro benzene ring substituents is 1. The maximum Gasteiger partial charge on any atom is 0.339 e. The molecule has 0 N–H and O–H groups in total. The van der Waals surface area contributed by atoms with Gasteiger partial charge in [0.15, 0.2) is 6.61 Å². The quantitative estimate of drug-likeness (QED) is 0.105. The summed E-state index contributed by atoms with van der Waals surface area (Å²) in [6.45, 7) is 1.37. The van der Waals surface area contributed by atoms with E-state index >= 15 is 0 Å². The number of esters is 1. The highest BCUT2D eigenvalue weighted by Crippen LogP contribution is 2.28. The normalized spacial score (nSPS) is 10.8. The Bertz CT molecular complexity index is 1680. The third-order valence-corrected chi connectivity index (χ3v) is 6.19. The number of benzene rings is 4. The van der Waals surface area contributed by atoms with E-state index < -0.39 is 23.3 Å². The summed E-state index contributed by atoms with van der Waals surface area (Å²) in [7, 11) is 0. The number of ketones is 1. The molecule has 0 aliphatic carbocycles. The van der Waals surface area contributed by atoms with Crippen LogP contribution in [0.15, 0.2) is 103 Å². The van der Waals surface area contributed by atoms with E-state index in [9.17, 15) is 19.7 Å². The van der Waals surface area contributed by atoms with E-state index in [0.29, 0.717) is 16.6 Å². The minimum atomic E-state index is -0.677. The van der Waals surface area contributed by atoms with Gasteiger partial charge in [-0.1, -0.05) is 78.4 Å². The summed E-state index contributed by atoms with van der Waals surface area (Å²) in [6.07, 6.45) is 0. The van der Waals surface area contributed by atoms with Crippen LogP contribution in [-0.2, 0) is 4.74 Å². The smallest absolute Gasteiger partial charge is 0.339 e. The lowest BCUT2D eigenvalue weighted by Gasteiger charge is -2.11. The van der Waals surface area contributed by atoms with Crippen LogP contribution in [-0.4, -0.2) is 28.3 Å². The fourth-order valence-corrected chi connectivity index (χ4v) is 4.21. The van der Waals surface area contributed by atoms with Crippen LogP contribution in [0.5, 0.6) is 0 Å². The standard InChI is InChI=1S/C31H22N2O5/c1-20-10-15-28-26(16-20)27(31(35)38-19-30(34)24-8-5-9-25(17-24)33(36)37)18-29(32-28)23-13-11-22(12-14-23)21-6-3-2-4-7-21/h2-18H,19H2,1H3. The van der Waals surface area contributed by atoms with Gasteiger partial charge in [0, 0.05) is 28.6 Å². The van der Waals surface area contributed by atoms with Crippen LogP contribution in [0, 0.1) is 17.0 Å². The zero-order valence-electron chi connectivity index (χ0n) is 20.5. The Labute approximate surface area is 218 Å². The number of carbonyl (C=O) groups is 2. The van der Waals surface area contributed by atoms with Gasteiger partial charge in [0.2, 0.25) is 5.78 Å². The molecule has 0 spiro atoms. The van der Waals surface area contributed by atoms with E-state index in [4.69, 9.17) is 9.72 Å². The molecule has 0 saturated heterocycles. The van der Waals surface area contributed by atoms with Crippen LogP contribution in [0.2, 0.25) is 0 Å². The molecule has 0 aliphatic rings. The Morgan fingerprint density at radius 2 is 1.53 bits per heavy atom. The molecule has 0 bridgehead atoms. The summed E-state index contributed by atoms with van der Waals surface area (Å²) >= 11 is 0. The van der Waals surface area contributed by atoms with Crippen molar-refractivity contribution in [2.24, 2.45) is 0 Å². The number of hydrogen-bond acceptors (Lipinski definition) is 6. The van der Waals surface area contributed by atoms with Crippen molar-refractivity contribution in [3.63, 3.8) is 0 Å². The number of pyridine rings is 1. The summed E-state index contributed by atoms with van der Waals surface area (Å²) in [6, 6.07) is 30.5. The van der Waals surface area contributed by atoms with E-state index in [1.165, 1.54) is 24.3 Å². The van der Waals surface area contributed by atoms with Crippen LogP contribution < -0.4 is 0 Å². The van der Waals surface area contributed by atoms with E-state index in [2.05, 4.69) is 0 Å². The molecule has 0 amide bonds. The van der Waals surface area contributed by atoms with Crippen molar-refractivity contribution in [2.75, 3.05) is 6.61 Å². The number of carbonyl (C=O) groups excluding carboxylic acids is 2. The fourth-order valence-electron chi connectivity index (χ4n) is 4.21. The predicted molar refractivity (Wildman–Crippen MR) is 145 cm³/mol. The maximum absolute atomic E-state index is 13.2. The highest BCUT2D eigenvalue weighted by molar-refractivity contribution is 6.06. The molecule has 0 aliphatic heterocycles. The largest absolute Gasteiger partial charge is 0.454 e. The second-order valence-corrected chi connectivity index (χ2v) is 8.83. The lowest BCUT2D eigenvalue weighted by molar-refractivity contribution is -0.384. The number of aryl methyl sites for hydroxylation is 1. The van der Waals surface area contributed by atoms with Crippen LogP contribution in [0.1, 0.15) is 26.3 Å². The van der Waals surface area contributed by atoms with Gasteiger partial charge in [0.05, 0.1) is 21.7 Å². The molecule has 38 heavy (non-hydrogen) atoms. The molecule has 1 aromatic heterocycles. The molecular formula is C31H22N2O5. The second-order valence-electron chi connectivity index (χ2n) is 8.83. The highest BCUT2D eigenvalue weighted by atomic mass is 16.6. The Hall–Kier alpha value is -5.17. The zero-order valence-corrected chi connectivity index (χ0v) is 20.5. The summed E-state index contributed by atoms with van der Waals surface area (Å²) in [5.41, 5.74) is 5.32. The molecule has 5 rings (SSSR count). The van der Waals surface area contributed by atoms with E-state index in [0.717, 1.165) is 22.3 Å². The minimum absolute atomic E-state index is 0.0987. The van der Waals surface area contributed by atoms with E-state index in [1.807, 2.05) is 79.7 Å². The van der Waals surface area contributed by atoms with Crippen molar-refractivity contribution >= 4 is 28.3 Å². The van der Waals surface area contributed by atoms with Gasteiger partial charge in [0.25, 0.3) is 5.69 Å². The average Bonchev–Trinajstić information content (AvgIpc) is 2.95. The first-order chi connectivity index (χ1) is 18.4. The second kappa shape index (κ2) is 10.4. The molecule has 0 fully saturated rings. The SMILES string of the molecule is Cc1ccc2nc(-c3ccc(-c4ccccc4)cc3)cc(C(=O)OCC(=O)c3cccc([N+](=O)[O-])c3)c2c1. The number of rotatable bonds is 7. The molecule has 7 nitrogen and oxygen atoms in total. The Morgan fingerprint density at radius 3 is 2.26 bits per heavy atom. The van der Waals surface area contributed by atoms with Crippen LogP contribution in [0.3, 0.4) is 0 Å². The first kappa shape index (κ1) is 24.5. The maximum atomic E-state index is 13.2. The number of Topliss-reactive ketones (excluding diaryl/α,β-unsaturated/α-hetero) is 1. The average molecular weight is 503 g/mol. The number of nitrogens with zero attached hydrogens (tertiary/aromatic N) is 2. The molecule has 7 heteroatoms. The molecule has 0 radical (unpaired) electrons. The molecule has 186 valence electrons. The van der Waals surface area contributed by atoms with Crippen molar-refractivity contribution in [3.05, 3.63) is 130 Å². The van der Waals surface area contributed by atoms with Crippen molar-refractivity contribution in [3.8, 4) is 22.4 Å². The number of fused-ring (bicyclic) bond motifs is 1. The first-order valence-electron chi connectivity index (χ1n) is 11.9. The van der Waals surface area contributed by atoms with Crippen molar-refractivity contribution in [2.45, 2.75) is 6.92 Å². The summed E-state index contributed by atoms with van der Waals surface area (Å²) < 4.78 is 5.37. The predicted octanol–water partition coefficient (Wildman–Crippen LogP) is 6.83. The highest BCUT2D eigenvalue weighted by Gasteiger charge is 2.18. The fraction of sp³-hybridized carbons (Fsp3) is 0.0645. The Balaban J connectivity index is 1.44. The monoisotopic (exact) mass is 502 g/mol. The van der Waals surface area contributed by atoms with Gasteiger partial charge in [-0.15, -0.1) is 0 Å². The van der Waals surface area contributed by atoms with Gasteiger partial charge in [-0.2, -0.15) is 0 Å². The lowest BCUT2D eigenvalue weighted by Crippen LogP contribution is -2.15. The molecule has 5 aromatic rings. The molecule has 4 aromatic carbocycles. The van der Waals surface area contributed by atoms with E-state index in [1.54, 1.807) is 6.07 Å². The topological polar surface area (TPSA) is 99.4 Å². The molecule has 0 atom stereocenters. The zero-order chi connectivity index (χ0) is 26.6.